The van der Waals surface area contributed by atoms with Crippen molar-refractivity contribution < 1.29 is 51.0 Å². The van der Waals surface area contributed by atoms with Gasteiger partial charge in [0.25, 0.3) is 21.5 Å². The van der Waals surface area contributed by atoms with Gasteiger partial charge in [0.15, 0.2) is 0 Å². The number of amides is 2. The van der Waals surface area contributed by atoms with Gasteiger partial charge in [-0.3, -0.25) is 29.2 Å². The Morgan fingerprint density at radius 2 is 1.48 bits per heavy atom. The average molecular weight is 639 g/mol. The van der Waals surface area contributed by atoms with E-state index in [1.807, 2.05) is 0 Å². The summed E-state index contributed by atoms with van der Waals surface area (Å²) >= 11 is 0. The summed E-state index contributed by atoms with van der Waals surface area (Å²) in [5.74, 6) is -0.676. The number of esters is 1. The Kier molecular flexibility index (Phi) is 11.5. The molecule has 0 spiro atoms. The number of nitrogens with zero attached hydrogens (tertiary/aromatic N) is 3. The summed E-state index contributed by atoms with van der Waals surface area (Å²) in [5, 5.41) is 24.1. The van der Waals surface area contributed by atoms with Crippen molar-refractivity contribution in [3.8, 4) is 0 Å². The number of carbonyl (C=O) groups excluding carboxylic acids is 3. The molecular formula is C26H30N4O13S. The van der Waals surface area contributed by atoms with Crippen LogP contribution < -0.4 is 5.32 Å². The van der Waals surface area contributed by atoms with Gasteiger partial charge in [0.05, 0.1) is 35.3 Å². The van der Waals surface area contributed by atoms with Crippen LogP contribution in [-0.2, 0) is 46.5 Å². The molecule has 2 aromatic carbocycles. The van der Waals surface area contributed by atoms with Gasteiger partial charge in [-0.05, 0) is 41.8 Å². The predicted octanol–water partition coefficient (Wildman–Crippen LogP) is 2.81. The molecule has 0 aliphatic carbocycles. The lowest BCUT2D eigenvalue weighted by Crippen LogP contribution is -2.42. The minimum atomic E-state index is -3.88. The van der Waals surface area contributed by atoms with Gasteiger partial charge < -0.3 is 24.4 Å². The minimum absolute atomic E-state index is 0.0293. The molecule has 0 unspecified atom stereocenters. The fourth-order valence-electron chi connectivity index (χ4n) is 4.40. The van der Waals surface area contributed by atoms with Gasteiger partial charge in [0.1, 0.15) is 19.3 Å². The molecule has 1 saturated heterocycles. The second kappa shape index (κ2) is 15.1. The molecule has 0 aromatic heterocycles. The Morgan fingerprint density at radius 3 is 1.95 bits per heavy atom. The number of non-ortho nitro benzene ring substituents is 2. The number of likely N-dealkylation sites (tertiary alicyclic amines) is 1. The van der Waals surface area contributed by atoms with Crippen LogP contribution in [0.4, 0.5) is 21.0 Å². The van der Waals surface area contributed by atoms with Gasteiger partial charge in [0, 0.05) is 43.7 Å². The van der Waals surface area contributed by atoms with Crippen LogP contribution in [0.5, 0.6) is 0 Å². The highest BCUT2D eigenvalue weighted by Crippen LogP contribution is 2.27. The Labute approximate surface area is 251 Å². The lowest BCUT2D eigenvalue weighted by molar-refractivity contribution is -0.385. The third kappa shape index (κ3) is 10.8. The highest BCUT2D eigenvalue weighted by atomic mass is 32.2. The zero-order valence-electron chi connectivity index (χ0n) is 23.7. The molecular weight excluding hydrogens is 608 g/mol. The smallest absolute Gasteiger partial charge is 0.410 e. The zero-order valence-corrected chi connectivity index (χ0v) is 24.5. The highest BCUT2D eigenvalue weighted by molar-refractivity contribution is 7.86. The molecule has 17 nitrogen and oxygen atoms in total. The number of ether oxygens (including phenoxy) is 3. The predicted molar refractivity (Wildman–Crippen MR) is 150 cm³/mol. The van der Waals surface area contributed by atoms with Crippen LogP contribution in [0.3, 0.4) is 0 Å². The first kappa shape index (κ1) is 33.7. The van der Waals surface area contributed by atoms with E-state index in [-0.39, 0.29) is 50.5 Å². The molecule has 44 heavy (non-hydrogen) atoms. The van der Waals surface area contributed by atoms with E-state index in [1.54, 1.807) is 0 Å². The number of nitrogens with one attached hydrogen (secondary N) is 1. The molecule has 1 aliphatic rings. The molecule has 0 radical (unpaired) electrons. The summed E-state index contributed by atoms with van der Waals surface area (Å²) in [6.07, 6.45) is -2.70. The van der Waals surface area contributed by atoms with Crippen molar-refractivity contribution >= 4 is 39.6 Å². The van der Waals surface area contributed by atoms with E-state index in [0.717, 1.165) is 13.2 Å². The van der Waals surface area contributed by atoms with Gasteiger partial charge >= 0.3 is 18.2 Å². The van der Waals surface area contributed by atoms with Crippen molar-refractivity contribution in [2.75, 3.05) is 19.3 Å². The molecule has 2 amide bonds. The number of rotatable bonds is 13. The van der Waals surface area contributed by atoms with Gasteiger partial charge in [-0.15, -0.1) is 0 Å². The van der Waals surface area contributed by atoms with Crippen LogP contribution in [-0.4, -0.2) is 78.9 Å². The molecule has 238 valence electrons. The Bertz CT molecular complexity index is 1470. The molecule has 1 N–H and O–H groups in total. The summed E-state index contributed by atoms with van der Waals surface area (Å²) in [6, 6.07) is 10.0. The lowest BCUT2D eigenvalue weighted by Gasteiger charge is -2.27. The SMILES string of the molecule is CC(=O)O[C@H](CNC(=O)OCc1ccc([N+](=O)[O-])cc1)C[C@@H]1C[C@@H](OS(C)(=O)=O)CN1C(=O)OCc1ccc([N+](=O)[O-])cc1. The quantitative estimate of drug-likeness (QED) is 0.110. The first-order chi connectivity index (χ1) is 20.7. The Morgan fingerprint density at radius 1 is 0.955 bits per heavy atom. The van der Waals surface area contributed by atoms with Crippen LogP contribution in [0, 0.1) is 20.2 Å². The minimum Gasteiger partial charge on any atom is -0.461 e. The van der Waals surface area contributed by atoms with Gasteiger partial charge in [-0.2, -0.15) is 8.42 Å². The summed E-state index contributed by atoms with van der Waals surface area (Å²) in [7, 11) is -3.88. The maximum Gasteiger partial charge on any atom is 0.410 e. The van der Waals surface area contributed by atoms with Crippen molar-refractivity contribution in [2.24, 2.45) is 0 Å². The number of hydrogen-bond acceptors (Lipinski definition) is 13. The summed E-state index contributed by atoms with van der Waals surface area (Å²) in [6.45, 7) is 0.351. The fraction of sp³-hybridized carbons (Fsp3) is 0.423. The first-order valence-corrected chi connectivity index (χ1v) is 14.9. The van der Waals surface area contributed by atoms with Gasteiger partial charge in [-0.25, -0.2) is 9.59 Å². The van der Waals surface area contributed by atoms with E-state index in [9.17, 15) is 43.0 Å². The number of nitro benzene ring substituents is 2. The summed E-state index contributed by atoms with van der Waals surface area (Å²) in [5.41, 5.74) is 0.703. The number of alkyl carbamates (subject to hydrolysis) is 1. The third-order valence-corrected chi connectivity index (χ3v) is 6.91. The largest absolute Gasteiger partial charge is 0.461 e. The second-order valence-electron chi connectivity index (χ2n) is 9.79. The van der Waals surface area contributed by atoms with Crippen LogP contribution in [0.25, 0.3) is 0 Å². The Balaban J connectivity index is 1.62. The first-order valence-electron chi connectivity index (χ1n) is 13.1. The third-order valence-electron chi connectivity index (χ3n) is 6.29. The van der Waals surface area contributed by atoms with E-state index in [4.69, 9.17) is 18.4 Å². The number of hydrogen-bond donors (Lipinski definition) is 1. The molecule has 1 aliphatic heterocycles. The van der Waals surface area contributed by atoms with Crippen LogP contribution in [0.1, 0.15) is 30.9 Å². The van der Waals surface area contributed by atoms with Crippen molar-refractivity contribution in [3.63, 3.8) is 0 Å². The van der Waals surface area contributed by atoms with E-state index in [1.165, 1.54) is 53.4 Å². The zero-order chi connectivity index (χ0) is 32.4. The summed E-state index contributed by atoms with van der Waals surface area (Å²) in [4.78, 5) is 58.8. The van der Waals surface area contributed by atoms with Gasteiger partial charge in [-0.1, -0.05) is 0 Å². The number of nitro groups is 2. The van der Waals surface area contributed by atoms with Gasteiger partial charge in [0.2, 0.25) is 0 Å². The highest BCUT2D eigenvalue weighted by Gasteiger charge is 2.40. The second-order valence-corrected chi connectivity index (χ2v) is 11.4. The van der Waals surface area contributed by atoms with Crippen molar-refractivity contribution in [2.45, 2.75) is 51.2 Å². The Hall–Kier alpha value is -4.84. The molecule has 0 saturated carbocycles. The number of carbonyl (C=O) groups is 3. The normalized spacial score (nSPS) is 16.9. The monoisotopic (exact) mass is 638 g/mol. The molecule has 2 aromatic rings. The number of benzene rings is 2. The molecule has 1 heterocycles. The molecule has 1 fully saturated rings. The summed E-state index contributed by atoms with van der Waals surface area (Å²) < 4.78 is 44.4. The van der Waals surface area contributed by atoms with E-state index in [0.29, 0.717) is 11.1 Å². The van der Waals surface area contributed by atoms with Crippen molar-refractivity contribution in [3.05, 3.63) is 79.9 Å². The standard InChI is InChI=1S/C26H30N4O13S/c1-17(31)42-23(13-27-25(32)40-15-18-3-7-20(8-4-18)29(34)35)11-22-12-24(43-44(2,38)39)14-28(22)26(33)41-16-19-5-9-21(10-6-19)30(36)37/h3-10,22-24H,11-16H2,1-2H3,(H,27,32)/t22-,23+,24-/m1/s1. The van der Waals surface area contributed by atoms with Crippen molar-refractivity contribution in [1.82, 2.24) is 10.2 Å². The van der Waals surface area contributed by atoms with E-state index < -0.39 is 56.4 Å². The molecule has 3 rings (SSSR count). The fourth-order valence-corrected chi connectivity index (χ4v) is 5.04. The molecule has 18 heteroatoms. The molecule has 0 bridgehead atoms. The van der Waals surface area contributed by atoms with Crippen molar-refractivity contribution in [1.29, 1.82) is 0 Å². The molecule has 3 atom stereocenters. The topological polar surface area (TPSA) is 224 Å². The van der Waals surface area contributed by atoms with E-state index in [2.05, 4.69) is 5.32 Å². The average Bonchev–Trinajstić information content (AvgIpc) is 3.33. The lowest BCUT2D eigenvalue weighted by atomic mass is 10.1. The maximum absolute atomic E-state index is 13.0. The van der Waals surface area contributed by atoms with Crippen LogP contribution in [0.2, 0.25) is 0 Å². The van der Waals surface area contributed by atoms with Crippen LogP contribution >= 0.6 is 0 Å². The maximum atomic E-state index is 13.0. The van der Waals surface area contributed by atoms with Crippen LogP contribution in [0.15, 0.2) is 48.5 Å². The van der Waals surface area contributed by atoms with E-state index >= 15 is 0 Å².